The van der Waals surface area contributed by atoms with Crippen LogP contribution in [0.1, 0.15) is 5.56 Å². The summed E-state index contributed by atoms with van der Waals surface area (Å²) in [5, 5.41) is 0. The summed E-state index contributed by atoms with van der Waals surface area (Å²) < 4.78 is 10.6. The monoisotopic (exact) mass is 417 g/mol. The second-order valence-electron chi connectivity index (χ2n) is 6.47. The van der Waals surface area contributed by atoms with Gasteiger partial charge in [0.15, 0.2) is 0 Å². The smallest absolute Gasteiger partial charge is 0.273 e. The van der Waals surface area contributed by atoms with Crippen LogP contribution >= 0.6 is 11.8 Å². The van der Waals surface area contributed by atoms with Crippen molar-refractivity contribution in [3.05, 3.63) is 89.3 Å². The quantitative estimate of drug-likeness (QED) is 0.540. The molecule has 150 valence electrons. The molecular formula is C24H19NO4S. The Balaban J connectivity index is 1.83. The lowest BCUT2D eigenvalue weighted by atomic mass is 10.1. The Morgan fingerprint density at radius 3 is 2.07 bits per heavy atom. The highest BCUT2D eigenvalue weighted by atomic mass is 32.2. The van der Waals surface area contributed by atoms with Crippen LogP contribution in [0, 0.1) is 0 Å². The molecular weight excluding hydrogens is 398 g/mol. The predicted octanol–water partition coefficient (Wildman–Crippen LogP) is 4.78. The van der Waals surface area contributed by atoms with Crippen molar-refractivity contribution in [1.82, 2.24) is 0 Å². The van der Waals surface area contributed by atoms with E-state index < -0.39 is 0 Å². The lowest BCUT2D eigenvalue weighted by molar-refractivity contribution is -0.119. The average molecular weight is 417 g/mol. The summed E-state index contributed by atoms with van der Waals surface area (Å²) >= 11 is 1.28. The van der Waals surface area contributed by atoms with Gasteiger partial charge in [0.05, 0.1) is 30.4 Å². The molecule has 3 aromatic carbocycles. The van der Waals surface area contributed by atoms with Gasteiger partial charge in [-0.15, -0.1) is 0 Å². The highest BCUT2D eigenvalue weighted by Crippen LogP contribution is 2.43. The van der Waals surface area contributed by atoms with Crippen LogP contribution in [0.15, 0.2) is 88.7 Å². The molecule has 0 aliphatic carbocycles. The minimum atomic E-state index is -0.381. The molecule has 0 aromatic heterocycles. The van der Waals surface area contributed by atoms with Gasteiger partial charge in [0, 0.05) is 4.90 Å². The van der Waals surface area contributed by atoms with Crippen molar-refractivity contribution in [3.63, 3.8) is 0 Å². The second kappa shape index (κ2) is 8.47. The Morgan fingerprint density at radius 2 is 1.40 bits per heavy atom. The molecule has 0 fully saturated rings. The van der Waals surface area contributed by atoms with Gasteiger partial charge in [0.1, 0.15) is 11.5 Å². The van der Waals surface area contributed by atoms with Crippen LogP contribution in [0.2, 0.25) is 0 Å². The third-order valence-electron chi connectivity index (χ3n) is 4.71. The van der Waals surface area contributed by atoms with E-state index in [9.17, 15) is 9.59 Å². The number of hydrogen-bond acceptors (Lipinski definition) is 5. The molecule has 0 atom stereocenters. The van der Waals surface area contributed by atoms with Gasteiger partial charge < -0.3 is 9.47 Å². The topological polar surface area (TPSA) is 55.8 Å². The van der Waals surface area contributed by atoms with Crippen molar-refractivity contribution in [2.24, 2.45) is 0 Å². The van der Waals surface area contributed by atoms with Crippen LogP contribution < -0.4 is 14.4 Å². The molecule has 1 aliphatic rings. The van der Waals surface area contributed by atoms with E-state index in [0.717, 1.165) is 4.90 Å². The summed E-state index contributed by atoms with van der Waals surface area (Å²) in [6.07, 6.45) is 0. The number of amides is 2. The van der Waals surface area contributed by atoms with E-state index in [1.165, 1.54) is 23.8 Å². The zero-order valence-corrected chi connectivity index (χ0v) is 17.3. The van der Waals surface area contributed by atoms with E-state index in [1.54, 1.807) is 55.6 Å². The van der Waals surface area contributed by atoms with Gasteiger partial charge in [-0.05, 0) is 42.0 Å². The van der Waals surface area contributed by atoms with Crippen molar-refractivity contribution < 1.29 is 19.1 Å². The summed E-state index contributed by atoms with van der Waals surface area (Å²) in [6, 6.07) is 23.6. The fourth-order valence-corrected chi connectivity index (χ4v) is 4.27. The average Bonchev–Trinajstić information content (AvgIpc) is 3.03. The summed E-state index contributed by atoms with van der Waals surface area (Å²) in [5.41, 5.74) is 1.44. The number of benzene rings is 3. The number of nitrogens with zero attached hydrogens (tertiary/aromatic N) is 1. The first kappa shape index (κ1) is 19.8. The number of imide groups is 1. The van der Waals surface area contributed by atoms with Gasteiger partial charge in [-0.25, -0.2) is 4.90 Å². The first-order chi connectivity index (χ1) is 14.6. The molecule has 3 aromatic rings. The maximum absolute atomic E-state index is 13.5. The van der Waals surface area contributed by atoms with E-state index in [0.29, 0.717) is 33.2 Å². The minimum absolute atomic E-state index is 0.363. The molecule has 0 N–H and O–H groups in total. The summed E-state index contributed by atoms with van der Waals surface area (Å²) in [6.45, 7) is 0. The number of carbonyl (C=O) groups excluding carboxylic acids is 2. The predicted molar refractivity (Wildman–Crippen MR) is 118 cm³/mol. The number of hydrogen-bond donors (Lipinski definition) is 0. The Hall–Kier alpha value is -3.51. The first-order valence-corrected chi connectivity index (χ1v) is 10.1. The van der Waals surface area contributed by atoms with E-state index in [2.05, 4.69) is 0 Å². The molecule has 0 radical (unpaired) electrons. The Morgan fingerprint density at radius 1 is 0.733 bits per heavy atom. The highest BCUT2D eigenvalue weighted by Gasteiger charge is 2.41. The Labute approximate surface area is 178 Å². The summed E-state index contributed by atoms with van der Waals surface area (Å²) in [7, 11) is 3.10. The molecule has 0 saturated carbocycles. The van der Waals surface area contributed by atoms with E-state index in [1.807, 2.05) is 30.3 Å². The molecule has 5 nitrogen and oxygen atoms in total. The number of para-hydroxylation sites is 2. The van der Waals surface area contributed by atoms with E-state index in [4.69, 9.17) is 9.47 Å². The van der Waals surface area contributed by atoms with Crippen molar-refractivity contribution in [1.29, 1.82) is 0 Å². The molecule has 0 bridgehead atoms. The molecule has 0 saturated heterocycles. The van der Waals surface area contributed by atoms with Gasteiger partial charge in [-0.1, -0.05) is 54.2 Å². The molecule has 4 rings (SSSR count). The number of methoxy groups -OCH3 is 2. The van der Waals surface area contributed by atoms with Crippen molar-refractivity contribution in [2.75, 3.05) is 19.1 Å². The molecule has 2 amide bonds. The van der Waals surface area contributed by atoms with Gasteiger partial charge in [0.25, 0.3) is 11.8 Å². The number of thioether (sulfide) groups is 1. The standard InChI is InChI=1S/C24H19NO4S/c1-28-17-14-12-16(13-15-17)21-22(30-18-8-4-3-5-9-18)24(27)25(23(21)26)19-10-6-7-11-20(19)29-2/h3-15H,1-2H3. The summed E-state index contributed by atoms with van der Waals surface area (Å²) in [5.74, 6) is 0.381. The Bertz CT molecular complexity index is 1120. The number of carbonyl (C=O) groups is 2. The molecule has 1 aliphatic heterocycles. The SMILES string of the molecule is COc1ccc(C2=C(Sc3ccccc3)C(=O)N(c3ccccc3OC)C2=O)cc1. The second-order valence-corrected chi connectivity index (χ2v) is 7.55. The molecule has 6 heteroatoms. The first-order valence-electron chi connectivity index (χ1n) is 9.27. The van der Waals surface area contributed by atoms with Crippen LogP contribution in [0.3, 0.4) is 0 Å². The largest absolute Gasteiger partial charge is 0.497 e. The van der Waals surface area contributed by atoms with E-state index in [-0.39, 0.29) is 11.8 Å². The van der Waals surface area contributed by atoms with Gasteiger partial charge in [0.2, 0.25) is 0 Å². The zero-order valence-electron chi connectivity index (χ0n) is 16.5. The lowest BCUT2D eigenvalue weighted by Gasteiger charge is -2.18. The third-order valence-corrected chi connectivity index (χ3v) is 5.80. The van der Waals surface area contributed by atoms with Crippen LogP contribution in [0.4, 0.5) is 5.69 Å². The minimum Gasteiger partial charge on any atom is -0.497 e. The maximum Gasteiger partial charge on any atom is 0.273 e. The van der Waals surface area contributed by atoms with Gasteiger partial charge in [-0.2, -0.15) is 0 Å². The maximum atomic E-state index is 13.5. The molecule has 0 unspecified atom stereocenters. The van der Waals surface area contributed by atoms with Crippen LogP contribution in [0.5, 0.6) is 11.5 Å². The molecule has 30 heavy (non-hydrogen) atoms. The van der Waals surface area contributed by atoms with Crippen molar-refractivity contribution in [3.8, 4) is 11.5 Å². The van der Waals surface area contributed by atoms with Crippen molar-refractivity contribution in [2.45, 2.75) is 4.90 Å². The van der Waals surface area contributed by atoms with Crippen LogP contribution in [-0.4, -0.2) is 26.0 Å². The van der Waals surface area contributed by atoms with Crippen molar-refractivity contribution >= 4 is 34.8 Å². The Kier molecular flexibility index (Phi) is 5.59. The normalized spacial score (nSPS) is 13.7. The number of ether oxygens (including phenoxy) is 2. The fraction of sp³-hybridized carbons (Fsp3) is 0.0833. The highest BCUT2D eigenvalue weighted by molar-refractivity contribution is 8.04. The van der Waals surface area contributed by atoms with Gasteiger partial charge in [-0.3, -0.25) is 9.59 Å². The third kappa shape index (κ3) is 3.57. The number of anilines is 1. The van der Waals surface area contributed by atoms with Gasteiger partial charge >= 0.3 is 0 Å². The lowest BCUT2D eigenvalue weighted by Crippen LogP contribution is -2.31. The fourth-order valence-electron chi connectivity index (χ4n) is 3.26. The van der Waals surface area contributed by atoms with Crippen LogP contribution in [-0.2, 0) is 9.59 Å². The zero-order chi connectivity index (χ0) is 21.1. The number of rotatable bonds is 6. The molecule has 0 spiro atoms. The van der Waals surface area contributed by atoms with E-state index >= 15 is 0 Å². The van der Waals surface area contributed by atoms with Crippen LogP contribution in [0.25, 0.3) is 5.57 Å². The molecule has 1 heterocycles. The summed E-state index contributed by atoms with van der Waals surface area (Å²) in [4.78, 5) is 29.4.